The summed E-state index contributed by atoms with van der Waals surface area (Å²) in [5.41, 5.74) is 0.784. The molecular weight excluding hydrogens is 591 g/mol. The Morgan fingerprint density at radius 1 is 1.00 bits per heavy atom. The van der Waals surface area contributed by atoms with Crippen molar-refractivity contribution in [2.45, 2.75) is 140 Å². The molecule has 5 N–H and O–H groups in total. The number of fused-ring (bicyclic) bond motifs is 1. The van der Waals surface area contributed by atoms with E-state index in [4.69, 9.17) is 5.73 Å². The first-order valence-corrected chi connectivity index (χ1v) is 15.4. The van der Waals surface area contributed by atoms with Crippen LogP contribution in [0.3, 0.4) is 0 Å². The van der Waals surface area contributed by atoms with Gasteiger partial charge in [0.2, 0.25) is 0 Å². The largest absolute Gasteiger partial charge is 0.429 e. The fraction of sp³-hybridized carbons (Fsp3) is 0.758. The Morgan fingerprint density at radius 3 is 2.18 bits per heavy atom. The third kappa shape index (κ3) is 7.00. The van der Waals surface area contributed by atoms with Crippen LogP contribution in [0.1, 0.15) is 98.3 Å². The van der Waals surface area contributed by atoms with Crippen molar-refractivity contribution >= 4 is 0 Å². The molecule has 0 aromatic carbocycles. The molecule has 3 fully saturated rings. The highest BCUT2D eigenvalue weighted by atomic mass is 19.4. The summed E-state index contributed by atoms with van der Waals surface area (Å²) < 4.78 is 94.8. The minimum atomic E-state index is -5.97. The molecule has 0 aliphatic heterocycles. The molecule has 0 aromatic rings. The Hall–Kier alpha value is -1.69. The molecular formula is C33H48F7NO3. The van der Waals surface area contributed by atoms with Crippen molar-refractivity contribution in [2.24, 2.45) is 22.5 Å². The Kier molecular flexibility index (Phi) is 10.4. The maximum atomic E-state index is 14.3. The van der Waals surface area contributed by atoms with Gasteiger partial charge in [0, 0.05) is 12.0 Å². The highest BCUT2D eigenvalue weighted by Crippen LogP contribution is 2.65. The number of aliphatic hydroxyl groups is 3. The molecule has 0 heterocycles. The Bertz CT molecular complexity index is 1140. The zero-order valence-electron chi connectivity index (χ0n) is 26.1. The lowest BCUT2D eigenvalue weighted by Crippen LogP contribution is -2.63. The lowest BCUT2D eigenvalue weighted by molar-refractivity contribution is -0.347. The lowest BCUT2D eigenvalue weighted by atomic mass is 9.51. The first-order valence-electron chi connectivity index (χ1n) is 15.4. The number of hydrogen-bond acceptors (Lipinski definition) is 4. The fourth-order valence-electron chi connectivity index (χ4n) is 7.99. The van der Waals surface area contributed by atoms with Crippen molar-refractivity contribution in [3.8, 4) is 0 Å². The molecule has 4 nitrogen and oxygen atoms in total. The zero-order valence-corrected chi connectivity index (χ0v) is 26.1. The molecule has 0 radical (unpaired) electrons. The summed E-state index contributed by atoms with van der Waals surface area (Å²) in [5.74, 6) is -0.0269. The van der Waals surface area contributed by atoms with Gasteiger partial charge in [0.25, 0.3) is 5.60 Å². The first kappa shape index (κ1) is 36.8. The minimum absolute atomic E-state index is 0.00691. The predicted molar refractivity (Wildman–Crippen MR) is 156 cm³/mol. The van der Waals surface area contributed by atoms with E-state index < -0.39 is 52.2 Å². The second kappa shape index (κ2) is 12.5. The normalized spacial score (nSPS) is 34.2. The summed E-state index contributed by atoms with van der Waals surface area (Å²) in [6, 6.07) is 0. The summed E-state index contributed by atoms with van der Waals surface area (Å²) in [5, 5.41) is 30.1. The van der Waals surface area contributed by atoms with Crippen LogP contribution in [0.5, 0.6) is 0 Å². The van der Waals surface area contributed by atoms with E-state index in [0.29, 0.717) is 56.1 Å². The van der Waals surface area contributed by atoms with Crippen LogP contribution >= 0.6 is 0 Å². The number of nitrogens with two attached hydrogens (primary N) is 1. The van der Waals surface area contributed by atoms with Gasteiger partial charge in [-0.3, -0.25) is 0 Å². The molecule has 44 heavy (non-hydrogen) atoms. The molecule has 0 aromatic heterocycles. The van der Waals surface area contributed by atoms with Gasteiger partial charge in [0.1, 0.15) is 6.17 Å². The maximum absolute atomic E-state index is 14.3. The van der Waals surface area contributed by atoms with Crippen LogP contribution in [0, 0.1) is 16.7 Å². The molecule has 0 spiro atoms. The van der Waals surface area contributed by atoms with Crippen LogP contribution in [0.4, 0.5) is 30.7 Å². The van der Waals surface area contributed by atoms with Crippen LogP contribution < -0.4 is 5.73 Å². The van der Waals surface area contributed by atoms with Gasteiger partial charge >= 0.3 is 12.4 Å². The number of aliphatic hydroxyl groups excluding tert-OH is 1. The molecule has 0 amide bonds. The molecule has 1 unspecified atom stereocenters. The maximum Gasteiger partial charge on any atom is 0.429 e. The topological polar surface area (TPSA) is 86.7 Å². The SMILES string of the molecule is C=C1/C(=C\C=C2/CCC[C@@]3(C)C2CC[C@]3(N)[C@@](C)(C/C=C/C(O)(C(F)(F)F)C(F)(F)F)CCCC(C)(C)O)C[C@@H](O)C[C@@H]1F. The quantitative estimate of drug-likeness (QED) is 0.152. The first-order chi connectivity index (χ1) is 19.9. The highest BCUT2D eigenvalue weighted by molar-refractivity contribution is 5.39. The third-order valence-electron chi connectivity index (χ3n) is 10.8. The summed E-state index contributed by atoms with van der Waals surface area (Å²) in [4.78, 5) is 0. The van der Waals surface area contributed by atoms with Crippen LogP contribution in [0.25, 0.3) is 0 Å². The van der Waals surface area contributed by atoms with E-state index in [1.54, 1.807) is 26.8 Å². The van der Waals surface area contributed by atoms with Gasteiger partial charge in [-0.05, 0) is 112 Å². The van der Waals surface area contributed by atoms with Gasteiger partial charge in [-0.1, -0.05) is 44.2 Å². The molecule has 3 aliphatic carbocycles. The number of halogens is 7. The Labute approximate surface area is 256 Å². The minimum Gasteiger partial charge on any atom is -0.393 e. The fourth-order valence-corrected chi connectivity index (χ4v) is 7.99. The summed E-state index contributed by atoms with van der Waals surface area (Å²) in [6.45, 7) is 10.9. The van der Waals surface area contributed by atoms with Gasteiger partial charge in [0.15, 0.2) is 0 Å². The van der Waals surface area contributed by atoms with E-state index in [-0.39, 0.29) is 24.8 Å². The van der Waals surface area contributed by atoms with E-state index in [1.807, 2.05) is 13.0 Å². The van der Waals surface area contributed by atoms with E-state index in [1.165, 1.54) is 0 Å². The standard InChI is InChI=1S/C33H48F7NO3/c1-21-23(19-24(42)20-26(21)34)11-10-22-9-6-16-29(5)25(22)12-18-30(29,41)28(4,14-7-13-27(2,3)43)15-8-17-31(44,32(35,36)37)33(38,39)40/h8,10-11,17,24-26,42-44H,1,6-7,9,12-16,18-20,41H2,2-5H3/b17-8+,22-10+,23-11-/t24-,25?,26+,28-,29+,30+/m1/s1. The molecule has 252 valence electrons. The molecule has 6 atom stereocenters. The molecule has 3 rings (SSSR count). The summed E-state index contributed by atoms with van der Waals surface area (Å²) in [6.07, 6.45) is -5.28. The molecule has 3 aliphatic rings. The van der Waals surface area contributed by atoms with E-state index in [9.17, 15) is 46.1 Å². The van der Waals surface area contributed by atoms with Gasteiger partial charge in [0.05, 0.1) is 11.7 Å². The Balaban J connectivity index is 2.00. The average molecular weight is 640 g/mol. The van der Waals surface area contributed by atoms with Crippen LogP contribution in [-0.4, -0.2) is 56.7 Å². The van der Waals surface area contributed by atoms with Crippen LogP contribution in [-0.2, 0) is 0 Å². The number of allylic oxidation sites excluding steroid dienone is 5. The van der Waals surface area contributed by atoms with Crippen molar-refractivity contribution in [3.05, 3.63) is 47.6 Å². The molecule has 0 saturated heterocycles. The van der Waals surface area contributed by atoms with Gasteiger partial charge in [-0.15, -0.1) is 0 Å². The molecule has 3 saturated carbocycles. The number of rotatable bonds is 9. The molecule has 0 bridgehead atoms. The zero-order chi connectivity index (χ0) is 33.6. The monoisotopic (exact) mass is 639 g/mol. The van der Waals surface area contributed by atoms with E-state index in [2.05, 4.69) is 6.58 Å². The van der Waals surface area contributed by atoms with Crippen molar-refractivity contribution in [1.82, 2.24) is 0 Å². The predicted octanol–water partition coefficient (Wildman–Crippen LogP) is 7.94. The highest BCUT2D eigenvalue weighted by Gasteiger charge is 2.69. The van der Waals surface area contributed by atoms with E-state index >= 15 is 0 Å². The summed E-state index contributed by atoms with van der Waals surface area (Å²) in [7, 11) is 0. The molecule has 11 heteroatoms. The van der Waals surface area contributed by atoms with Crippen LogP contribution in [0.2, 0.25) is 0 Å². The second-order valence-corrected chi connectivity index (χ2v) is 14.4. The van der Waals surface area contributed by atoms with Gasteiger partial charge < -0.3 is 21.1 Å². The average Bonchev–Trinajstić information content (AvgIpc) is 3.15. The van der Waals surface area contributed by atoms with Crippen molar-refractivity contribution in [2.75, 3.05) is 0 Å². The van der Waals surface area contributed by atoms with Gasteiger partial charge in [-0.25, -0.2) is 4.39 Å². The Morgan fingerprint density at radius 2 is 1.61 bits per heavy atom. The second-order valence-electron chi connectivity index (χ2n) is 14.4. The van der Waals surface area contributed by atoms with Gasteiger partial charge in [-0.2, -0.15) is 26.3 Å². The number of hydrogen-bond donors (Lipinski definition) is 4. The summed E-state index contributed by atoms with van der Waals surface area (Å²) >= 11 is 0. The third-order valence-corrected chi connectivity index (χ3v) is 10.8. The number of alkyl halides is 7. The smallest absolute Gasteiger partial charge is 0.393 e. The van der Waals surface area contributed by atoms with E-state index in [0.717, 1.165) is 24.5 Å². The van der Waals surface area contributed by atoms with Crippen LogP contribution in [0.15, 0.2) is 47.6 Å². The lowest BCUT2D eigenvalue weighted by Gasteiger charge is -2.56. The van der Waals surface area contributed by atoms with Crippen molar-refractivity contribution in [3.63, 3.8) is 0 Å². The van der Waals surface area contributed by atoms with Crippen molar-refractivity contribution in [1.29, 1.82) is 0 Å². The van der Waals surface area contributed by atoms with Crippen molar-refractivity contribution < 1.29 is 46.1 Å².